The van der Waals surface area contributed by atoms with Gasteiger partial charge in [0.1, 0.15) is 0 Å². The zero-order valence-corrected chi connectivity index (χ0v) is 11.4. The van der Waals surface area contributed by atoms with Gasteiger partial charge in [0.15, 0.2) is 0 Å². The van der Waals surface area contributed by atoms with Gasteiger partial charge in [0.25, 0.3) is 0 Å². The molecule has 1 amide bonds. The smallest absolute Gasteiger partial charge is 0.237 e. The van der Waals surface area contributed by atoms with E-state index in [1.807, 2.05) is 27.7 Å². The average molecular weight is 246 g/mol. The molecule has 0 aliphatic rings. The molecule has 0 aromatic heterocycles. The molecule has 17 heavy (non-hydrogen) atoms. The minimum atomic E-state index is -0.237. The van der Waals surface area contributed by atoms with Crippen LogP contribution in [0.4, 0.5) is 0 Å². The molecule has 1 atom stereocenters. The maximum absolute atomic E-state index is 11.8. The molecule has 0 bridgehead atoms. The summed E-state index contributed by atoms with van der Waals surface area (Å²) in [7, 11) is 0. The van der Waals surface area contributed by atoms with Crippen LogP contribution in [0.2, 0.25) is 0 Å². The summed E-state index contributed by atoms with van der Waals surface area (Å²) in [5.74, 6) is -0.000918. The fourth-order valence-corrected chi connectivity index (χ4v) is 1.14. The summed E-state index contributed by atoms with van der Waals surface area (Å²) in [5.41, 5.74) is -0.166. The van der Waals surface area contributed by atoms with Gasteiger partial charge in [-0.15, -0.1) is 0 Å². The Morgan fingerprint density at radius 3 is 2.59 bits per heavy atom. The van der Waals surface area contributed by atoms with Crippen molar-refractivity contribution in [1.29, 1.82) is 0 Å². The lowest BCUT2D eigenvalue weighted by Crippen LogP contribution is -2.51. The maximum atomic E-state index is 11.8. The van der Waals surface area contributed by atoms with Crippen molar-refractivity contribution in [3.05, 3.63) is 0 Å². The maximum Gasteiger partial charge on any atom is 0.237 e. The van der Waals surface area contributed by atoms with Crippen LogP contribution in [0.5, 0.6) is 0 Å². The number of carbonyl (C=O) groups excluding carboxylic acids is 1. The van der Waals surface area contributed by atoms with E-state index in [0.717, 1.165) is 6.42 Å². The number of ether oxygens (including phenoxy) is 1. The van der Waals surface area contributed by atoms with Gasteiger partial charge < -0.3 is 20.5 Å². The van der Waals surface area contributed by atoms with E-state index in [-0.39, 0.29) is 24.1 Å². The van der Waals surface area contributed by atoms with Gasteiger partial charge in [-0.1, -0.05) is 6.92 Å². The molecule has 5 nitrogen and oxygen atoms in total. The first kappa shape index (κ1) is 16.4. The molecular formula is C12H26N2O3. The quantitative estimate of drug-likeness (QED) is 0.511. The van der Waals surface area contributed by atoms with Crippen molar-refractivity contribution in [3.8, 4) is 0 Å². The summed E-state index contributed by atoms with van der Waals surface area (Å²) < 4.78 is 5.09. The fraction of sp³-hybridized carbons (Fsp3) is 0.917. The molecule has 0 heterocycles. The third-order valence-corrected chi connectivity index (χ3v) is 2.67. The Morgan fingerprint density at radius 2 is 2.06 bits per heavy atom. The number of rotatable bonds is 9. The van der Waals surface area contributed by atoms with Gasteiger partial charge in [-0.2, -0.15) is 0 Å². The van der Waals surface area contributed by atoms with Crippen LogP contribution in [0.3, 0.4) is 0 Å². The predicted molar refractivity (Wildman–Crippen MR) is 67.9 cm³/mol. The third-order valence-electron chi connectivity index (χ3n) is 2.67. The van der Waals surface area contributed by atoms with Crippen LogP contribution in [0.25, 0.3) is 0 Å². The third kappa shape index (κ3) is 8.12. The van der Waals surface area contributed by atoms with E-state index >= 15 is 0 Å². The van der Waals surface area contributed by atoms with Gasteiger partial charge in [0, 0.05) is 12.1 Å². The van der Waals surface area contributed by atoms with Crippen LogP contribution in [-0.4, -0.2) is 49.0 Å². The molecule has 0 spiro atoms. The van der Waals surface area contributed by atoms with E-state index < -0.39 is 0 Å². The molecule has 1 unspecified atom stereocenters. The first-order valence-corrected chi connectivity index (χ1v) is 6.17. The van der Waals surface area contributed by atoms with Gasteiger partial charge in [-0.3, -0.25) is 4.79 Å². The lowest BCUT2D eigenvalue weighted by molar-refractivity contribution is -0.124. The Hall–Kier alpha value is -0.650. The summed E-state index contributed by atoms with van der Waals surface area (Å²) in [5, 5.41) is 14.6. The van der Waals surface area contributed by atoms with Crippen molar-refractivity contribution in [2.75, 3.05) is 26.4 Å². The summed E-state index contributed by atoms with van der Waals surface area (Å²) in [6.45, 7) is 9.33. The highest BCUT2D eigenvalue weighted by Crippen LogP contribution is 2.06. The molecule has 0 aliphatic heterocycles. The Bertz CT molecular complexity index is 220. The number of amides is 1. The van der Waals surface area contributed by atoms with Crippen LogP contribution < -0.4 is 10.6 Å². The number of hydrogen-bond acceptors (Lipinski definition) is 4. The standard InChI is InChI=1S/C12H26N2O3/c1-5-12(3,4)14-11(16)10(2)13-6-8-17-9-7-15/h10,13,15H,5-9H2,1-4H3,(H,14,16). The van der Waals surface area contributed by atoms with Crippen molar-refractivity contribution < 1.29 is 14.6 Å². The van der Waals surface area contributed by atoms with Gasteiger partial charge >= 0.3 is 0 Å². The number of carbonyl (C=O) groups is 1. The van der Waals surface area contributed by atoms with E-state index in [1.165, 1.54) is 0 Å². The molecule has 0 aromatic rings. The normalized spacial score (nSPS) is 13.5. The van der Waals surface area contributed by atoms with Crippen molar-refractivity contribution in [1.82, 2.24) is 10.6 Å². The summed E-state index contributed by atoms with van der Waals surface area (Å²) in [6.07, 6.45) is 0.894. The van der Waals surface area contributed by atoms with Crippen molar-refractivity contribution in [2.24, 2.45) is 0 Å². The highest BCUT2D eigenvalue weighted by Gasteiger charge is 2.21. The molecule has 0 radical (unpaired) electrons. The van der Waals surface area contributed by atoms with Crippen molar-refractivity contribution in [2.45, 2.75) is 45.7 Å². The Morgan fingerprint density at radius 1 is 1.41 bits per heavy atom. The molecule has 0 aromatic carbocycles. The lowest BCUT2D eigenvalue weighted by atomic mass is 10.0. The largest absolute Gasteiger partial charge is 0.394 e. The summed E-state index contributed by atoms with van der Waals surface area (Å²) in [4.78, 5) is 11.8. The van der Waals surface area contributed by atoms with E-state index in [0.29, 0.717) is 19.8 Å². The van der Waals surface area contributed by atoms with Crippen LogP contribution >= 0.6 is 0 Å². The molecular weight excluding hydrogens is 220 g/mol. The van der Waals surface area contributed by atoms with Crippen LogP contribution in [0, 0.1) is 0 Å². The predicted octanol–water partition coefficient (Wildman–Crippen LogP) is 0.278. The number of nitrogens with one attached hydrogen (secondary N) is 2. The lowest BCUT2D eigenvalue weighted by Gasteiger charge is -2.26. The highest BCUT2D eigenvalue weighted by atomic mass is 16.5. The minimum absolute atomic E-state index is 0.000918. The minimum Gasteiger partial charge on any atom is -0.394 e. The van der Waals surface area contributed by atoms with Crippen LogP contribution in [-0.2, 0) is 9.53 Å². The number of aliphatic hydroxyl groups excluding tert-OH is 1. The molecule has 0 aliphatic carbocycles. The summed E-state index contributed by atoms with van der Waals surface area (Å²) >= 11 is 0. The van der Waals surface area contributed by atoms with Gasteiger partial charge in [0.2, 0.25) is 5.91 Å². The molecule has 0 saturated carbocycles. The monoisotopic (exact) mass is 246 g/mol. The number of aliphatic hydroxyl groups is 1. The first-order chi connectivity index (χ1) is 7.93. The van der Waals surface area contributed by atoms with Gasteiger partial charge in [0.05, 0.1) is 25.9 Å². The molecule has 0 rings (SSSR count). The van der Waals surface area contributed by atoms with E-state index in [9.17, 15) is 4.79 Å². The fourth-order valence-electron chi connectivity index (χ4n) is 1.14. The Labute approximate surface area is 104 Å². The topological polar surface area (TPSA) is 70.6 Å². The Kier molecular flexibility index (Phi) is 8.12. The van der Waals surface area contributed by atoms with Crippen LogP contribution in [0.1, 0.15) is 34.1 Å². The van der Waals surface area contributed by atoms with Crippen LogP contribution in [0.15, 0.2) is 0 Å². The van der Waals surface area contributed by atoms with E-state index in [2.05, 4.69) is 10.6 Å². The molecule has 0 fully saturated rings. The Balaban J connectivity index is 3.75. The number of hydrogen-bond donors (Lipinski definition) is 3. The summed E-state index contributed by atoms with van der Waals surface area (Å²) in [6, 6.07) is -0.237. The average Bonchev–Trinajstić information content (AvgIpc) is 2.28. The molecule has 3 N–H and O–H groups in total. The zero-order chi connectivity index (χ0) is 13.3. The van der Waals surface area contributed by atoms with E-state index in [1.54, 1.807) is 0 Å². The van der Waals surface area contributed by atoms with Crippen molar-refractivity contribution >= 4 is 5.91 Å². The second kappa shape index (κ2) is 8.44. The second-order valence-corrected chi connectivity index (χ2v) is 4.74. The molecule has 0 saturated heterocycles. The molecule has 5 heteroatoms. The SMILES string of the molecule is CCC(C)(C)NC(=O)C(C)NCCOCCO. The molecule has 102 valence electrons. The highest BCUT2D eigenvalue weighted by molar-refractivity contribution is 5.81. The van der Waals surface area contributed by atoms with Gasteiger partial charge in [-0.25, -0.2) is 0 Å². The first-order valence-electron chi connectivity index (χ1n) is 6.17. The van der Waals surface area contributed by atoms with Crippen molar-refractivity contribution in [3.63, 3.8) is 0 Å². The van der Waals surface area contributed by atoms with E-state index in [4.69, 9.17) is 9.84 Å². The van der Waals surface area contributed by atoms with Gasteiger partial charge in [-0.05, 0) is 27.2 Å². The second-order valence-electron chi connectivity index (χ2n) is 4.74. The zero-order valence-electron chi connectivity index (χ0n) is 11.4.